The molecular weight excluding hydrogens is 298 g/mol. The topological polar surface area (TPSA) is 22.0 Å². The van der Waals surface area contributed by atoms with Gasteiger partial charge >= 0.3 is 0 Å². The highest BCUT2D eigenvalue weighted by Crippen LogP contribution is 2.26. The number of thiazole rings is 1. The standard InChI is InChI=1S/C13H16NOS.BrH/c1-2-6-13-14(9-5-10-15)11-7-3-4-8-12(11)16-13;/h3-4,7-8,10H,2,5-6,9H2,1H3;1H/q+1;/p-1. The van der Waals surface area contributed by atoms with Crippen molar-refractivity contribution in [2.45, 2.75) is 32.7 Å². The van der Waals surface area contributed by atoms with E-state index in [9.17, 15) is 4.79 Å². The van der Waals surface area contributed by atoms with E-state index in [1.807, 2.05) is 11.3 Å². The molecule has 0 aliphatic rings. The Kier molecular flexibility index (Phi) is 5.78. The number of carbonyl (C=O) groups is 1. The summed E-state index contributed by atoms with van der Waals surface area (Å²) < 4.78 is 3.61. The van der Waals surface area contributed by atoms with Gasteiger partial charge in [0.1, 0.15) is 6.29 Å². The lowest BCUT2D eigenvalue weighted by molar-refractivity contribution is -0.108. The third-order valence-corrected chi connectivity index (χ3v) is 3.84. The number of nitrogens with zero attached hydrogens (tertiary/aromatic N) is 1. The van der Waals surface area contributed by atoms with Crippen molar-refractivity contribution in [2.24, 2.45) is 0 Å². The molecule has 0 unspecified atom stereocenters. The highest BCUT2D eigenvalue weighted by molar-refractivity contribution is 7.18. The van der Waals surface area contributed by atoms with Crippen LogP contribution < -0.4 is 17.0 Å². The predicted molar refractivity (Wildman–Crippen MR) is 68.9 cm³/mol. The van der Waals surface area contributed by atoms with Gasteiger partial charge in [-0.2, -0.15) is 0 Å². The van der Waals surface area contributed by atoms with Crippen LogP contribution in [0, 0.1) is 0 Å². The molecule has 92 valence electrons. The first-order chi connectivity index (χ1) is 7.86. The number of halogens is 1. The smallest absolute Gasteiger partial charge is 0.204 e. The van der Waals surface area contributed by atoms with E-state index in [4.69, 9.17) is 0 Å². The summed E-state index contributed by atoms with van der Waals surface area (Å²) in [7, 11) is 0. The molecule has 2 nitrogen and oxygen atoms in total. The summed E-state index contributed by atoms with van der Waals surface area (Å²) >= 11 is 1.85. The van der Waals surface area contributed by atoms with Gasteiger partial charge in [-0.1, -0.05) is 6.92 Å². The van der Waals surface area contributed by atoms with Crippen LogP contribution in [-0.2, 0) is 17.8 Å². The summed E-state index contributed by atoms with van der Waals surface area (Å²) in [5.74, 6) is 0. The van der Waals surface area contributed by atoms with Gasteiger partial charge in [0.15, 0.2) is 9.71 Å². The molecule has 0 saturated heterocycles. The molecule has 2 rings (SSSR count). The Morgan fingerprint density at radius 1 is 1.41 bits per heavy atom. The predicted octanol–water partition coefficient (Wildman–Crippen LogP) is 0.529. The van der Waals surface area contributed by atoms with Crippen molar-refractivity contribution >= 4 is 27.8 Å². The zero-order valence-electron chi connectivity index (χ0n) is 9.86. The third kappa shape index (κ3) is 3.13. The quantitative estimate of drug-likeness (QED) is 0.583. The molecule has 1 aromatic carbocycles. The molecular formula is C13H16BrNOS. The first-order valence-electron chi connectivity index (χ1n) is 5.70. The molecule has 0 bridgehead atoms. The van der Waals surface area contributed by atoms with Gasteiger partial charge in [0.05, 0.1) is 6.54 Å². The molecule has 0 fully saturated rings. The molecule has 0 spiro atoms. The monoisotopic (exact) mass is 313 g/mol. The molecule has 4 heteroatoms. The maximum atomic E-state index is 10.5. The second kappa shape index (κ2) is 6.87. The van der Waals surface area contributed by atoms with Crippen molar-refractivity contribution < 1.29 is 21.8 Å². The zero-order valence-corrected chi connectivity index (χ0v) is 12.3. The van der Waals surface area contributed by atoms with Gasteiger partial charge in [-0.3, -0.25) is 0 Å². The van der Waals surface area contributed by atoms with Gasteiger partial charge in [0.2, 0.25) is 5.52 Å². The van der Waals surface area contributed by atoms with E-state index in [2.05, 4.69) is 35.8 Å². The van der Waals surface area contributed by atoms with Crippen molar-refractivity contribution in [3.8, 4) is 0 Å². The lowest BCUT2D eigenvalue weighted by atomic mass is 10.3. The second-order valence-corrected chi connectivity index (χ2v) is 4.94. The van der Waals surface area contributed by atoms with E-state index in [0.29, 0.717) is 6.42 Å². The van der Waals surface area contributed by atoms with Gasteiger partial charge in [-0.25, -0.2) is 4.57 Å². The van der Waals surface area contributed by atoms with Crippen LogP contribution in [0.15, 0.2) is 24.3 Å². The van der Waals surface area contributed by atoms with Crippen molar-refractivity contribution in [3.63, 3.8) is 0 Å². The van der Waals surface area contributed by atoms with Crippen LogP contribution >= 0.6 is 11.3 Å². The Labute approximate surface area is 116 Å². The molecule has 1 heterocycles. The minimum atomic E-state index is 0. The lowest BCUT2D eigenvalue weighted by Gasteiger charge is -1.98. The molecule has 0 atom stereocenters. The van der Waals surface area contributed by atoms with Gasteiger partial charge < -0.3 is 21.8 Å². The summed E-state index contributed by atoms with van der Waals surface area (Å²) in [5.41, 5.74) is 1.26. The van der Waals surface area contributed by atoms with Crippen molar-refractivity contribution in [2.75, 3.05) is 0 Å². The number of hydrogen-bond donors (Lipinski definition) is 0. The van der Waals surface area contributed by atoms with Crippen LogP contribution in [0.4, 0.5) is 0 Å². The van der Waals surface area contributed by atoms with E-state index in [-0.39, 0.29) is 17.0 Å². The van der Waals surface area contributed by atoms with E-state index in [0.717, 1.165) is 25.7 Å². The van der Waals surface area contributed by atoms with Crippen LogP contribution in [0.25, 0.3) is 10.2 Å². The van der Waals surface area contributed by atoms with Crippen LogP contribution in [0.2, 0.25) is 0 Å². The number of aryl methyl sites for hydroxylation is 2. The number of carbonyl (C=O) groups excluding carboxylic acids is 1. The van der Waals surface area contributed by atoms with Crippen molar-refractivity contribution in [3.05, 3.63) is 29.3 Å². The molecule has 1 aromatic heterocycles. The highest BCUT2D eigenvalue weighted by Gasteiger charge is 2.17. The summed E-state index contributed by atoms with van der Waals surface area (Å²) in [6.45, 7) is 3.00. The molecule has 0 aliphatic carbocycles. The summed E-state index contributed by atoms with van der Waals surface area (Å²) in [5, 5.41) is 1.38. The Morgan fingerprint density at radius 2 is 2.18 bits per heavy atom. The Balaban J connectivity index is 0.00000144. The molecule has 0 saturated carbocycles. The number of para-hydroxylation sites is 1. The van der Waals surface area contributed by atoms with E-state index < -0.39 is 0 Å². The van der Waals surface area contributed by atoms with Crippen LogP contribution in [0.1, 0.15) is 24.8 Å². The highest BCUT2D eigenvalue weighted by atomic mass is 79.9. The van der Waals surface area contributed by atoms with Crippen molar-refractivity contribution in [1.82, 2.24) is 4.57 Å². The molecule has 0 amide bonds. The average molecular weight is 314 g/mol. The maximum absolute atomic E-state index is 10.5. The van der Waals surface area contributed by atoms with Gasteiger partial charge in [-0.05, 0) is 18.6 Å². The second-order valence-electron chi connectivity index (χ2n) is 3.82. The number of aromatic nitrogens is 1. The normalized spacial score (nSPS) is 10.2. The summed E-state index contributed by atoms with van der Waals surface area (Å²) in [6.07, 6.45) is 3.84. The Hall–Kier alpha value is -0.740. The van der Waals surface area contributed by atoms with Crippen LogP contribution in [-0.4, -0.2) is 10.9 Å². The van der Waals surface area contributed by atoms with E-state index in [1.165, 1.54) is 15.2 Å². The SMILES string of the molecule is CCC[c+]1sc2ccccc2n1CCC=O.[Br-]. The molecule has 0 aliphatic heterocycles. The minimum Gasteiger partial charge on any atom is -1.00 e. The number of rotatable bonds is 5. The lowest BCUT2D eigenvalue weighted by Crippen LogP contribution is -3.00. The molecule has 0 radical (unpaired) electrons. The first-order valence-corrected chi connectivity index (χ1v) is 6.52. The maximum Gasteiger partial charge on any atom is 0.204 e. The molecule has 2 aromatic rings. The number of benzene rings is 1. The molecule has 0 N–H and O–H groups in total. The van der Waals surface area contributed by atoms with Crippen LogP contribution in [0.5, 0.6) is 0 Å². The number of fused-ring (bicyclic) bond motifs is 1. The number of hydrogen-bond acceptors (Lipinski definition) is 2. The minimum absolute atomic E-state index is 0. The largest absolute Gasteiger partial charge is 1.00 e. The summed E-state index contributed by atoms with van der Waals surface area (Å²) in [4.78, 5) is 10.5. The third-order valence-electron chi connectivity index (χ3n) is 2.62. The van der Waals surface area contributed by atoms with Crippen LogP contribution in [0.3, 0.4) is 0 Å². The van der Waals surface area contributed by atoms with Gasteiger partial charge in [-0.15, -0.1) is 0 Å². The molecule has 17 heavy (non-hydrogen) atoms. The average Bonchev–Trinajstić information content (AvgIpc) is 2.65. The fourth-order valence-electron chi connectivity index (χ4n) is 1.91. The Bertz CT molecular complexity index is 495. The van der Waals surface area contributed by atoms with E-state index in [1.54, 1.807) is 0 Å². The zero-order chi connectivity index (χ0) is 11.4. The van der Waals surface area contributed by atoms with E-state index >= 15 is 0 Å². The van der Waals surface area contributed by atoms with Gasteiger partial charge in [0, 0.05) is 36.3 Å². The first kappa shape index (κ1) is 14.3. The number of aldehydes is 1. The fraction of sp³-hybridized carbons (Fsp3) is 0.385. The summed E-state index contributed by atoms with van der Waals surface area (Å²) in [6, 6.07) is 8.41. The fourth-order valence-corrected chi connectivity index (χ4v) is 3.20. The van der Waals surface area contributed by atoms with Crippen molar-refractivity contribution in [1.29, 1.82) is 0 Å². The van der Waals surface area contributed by atoms with Gasteiger partial charge in [0.25, 0.3) is 0 Å². The Morgan fingerprint density at radius 3 is 2.88 bits per heavy atom.